The Morgan fingerprint density at radius 1 is 0.649 bits per heavy atom. The van der Waals surface area contributed by atoms with Crippen molar-refractivity contribution in [3.63, 3.8) is 0 Å². The summed E-state index contributed by atoms with van der Waals surface area (Å²) in [5.74, 6) is 0.276. The standard InChI is InChI=1S/C32H25BN2O2/c36-33(37)23-12-9-15-25(20-23)35-29-17-8-7-16-26(29)27-18-19-30-28(32(27)35)21-31(22-10-3-1-4-11-22)34(30)24-13-5-2-6-14-24/h1-10,12-22,36-37H,11H2. The fourth-order valence-corrected chi connectivity index (χ4v) is 5.79. The van der Waals surface area contributed by atoms with E-state index in [2.05, 4.69) is 106 Å². The van der Waals surface area contributed by atoms with Gasteiger partial charge in [-0.05, 0) is 54.3 Å². The number of hydrogen-bond donors (Lipinski definition) is 2. The molecular weight excluding hydrogens is 455 g/mol. The predicted octanol–water partition coefficient (Wildman–Crippen LogP) is 6.01. The highest BCUT2D eigenvalue weighted by Crippen LogP contribution is 2.40. The smallest absolute Gasteiger partial charge is 0.423 e. The van der Waals surface area contributed by atoms with Crippen LogP contribution in [0.25, 0.3) is 44.1 Å². The summed E-state index contributed by atoms with van der Waals surface area (Å²) >= 11 is 0. The molecule has 2 heterocycles. The molecule has 0 bridgehead atoms. The predicted molar refractivity (Wildman–Crippen MR) is 153 cm³/mol. The van der Waals surface area contributed by atoms with Gasteiger partial charge in [-0.1, -0.05) is 78.9 Å². The molecule has 5 heteroatoms. The van der Waals surface area contributed by atoms with Crippen molar-refractivity contribution in [2.45, 2.75) is 12.3 Å². The van der Waals surface area contributed by atoms with Gasteiger partial charge in [-0.15, -0.1) is 0 Å². The number of aromatic nitrogens is 2. The molecule has 0 spiro atoms. The first-order valence-corrected chi connectivity index (χ1v) is 12.6. The molecule has 1 aliphatic carbocycles. The molecule has 1 atom stereocenters. The minimum absolute atomic E-state index is 0.276. The minimum Gasteiger partial charge on any atom is -0.423 e. The van der Waals surface area contributed by atoms with Crippen LogP contribution >= 0.6 is 0 Å². The van der Waals surface area contributed by atoms with Crippen molar-refractivity contribution in [1.29, 1.82) is 0 Å². The molecule has 6 aromatic rings. The van der Waals surface area contributed by atoms with Crippen LogP contribution in [0.4, 0.5) is 0 Å². The Balaban J connectivity index is 1.62. The van der Waals surface area contributed by atoms with E-state index in [9.17, 15) is 10.0 Å². The molecule has 0 saturated carbocycles. The Morgan fingerprint density at radius 3 is 2.24 bits per heavy atom. The van der Waals surface area contributed by atoms with Gasteiger partial charge < -0.3 is 19.2 Å². The molecule has 1 unspecified atom stereocenters. The molecule has 0 fully saturated rings. The van der Waals surface area contributed by atoms with Crippen LogP contribution in [0.15, 0.2) is 121 Å². The van der Waals surface area contributed by atoms with Crippen LogP contribution in [0.5, 0.6) is 0 Å². The fourth-order valence-electron chi connectivity index (χ4n) is 5.79. The van der Waals surface area contributed by atoms with Crippen LogP contribution in [-0.4, -0.2) is 26.3 Å². The van der Waals surface area contributed by atoms with E-state index in [1.54, 1.807) is 6.07 Å². The summed E-state index contributed by atoms with van der Waals surface area (Å²) < 4.78 is 4.65. The van der Waals surface area contributed by atoms with E-state index in [1.807, 2.05) is 18.2 Å². The molecule has 7 rings (SSSR count). The number of para-hydroxylation sites is 2. The highest BCUT2D eigenvalue weighted by atomic mass is 16.4. The van der Waals surface area contributed by atoms with Crippen molar-refractivity contribution in [3.05, 3.63) is 127 Å². The number of nitrogens with zero attached hydrogens (tertiary/aromatic N) is 2. The number of rotatable bonds is 4. The fraction of sp³-hybridized carbons (Fsp3) is 0.0625. The average Bonchev–Trinajstić information content (AvgIpc) is 3.50. The van der Waals surface area contributed by atoms with Crippen molar-refractivity contribution in [1.82, 2.24) is 9.13 Å². The third kappa shape index (κ3) is 3.47. The molecule has 4 nitrogen and oxygen atoms in total. The Morgan fingerprint density at radius 2 is 1.43 bits per heavy atom. The average molecular weight is 480 g/mol. The topological polar surface area (TPSA) is 50.3 Å². The van der Waals surface area contributed by atoms with Gasteiger partial charge in [-0.25, -0.2) is 0 Å². The summed E-state index contributed by atoms with van der Waals surface area (Å²) in [7, 11) is -1.52. The molecular formula is C32H25BN2O2. The molecule has 0 radical (unpaired) electrons. The van der Waals surface area contributed by atoms with E-state index in [0.29, 0.717) is 5.46 Å². The summed E-state index contributed by atoms with van der Waals surface area (Å²) in [4.78, 5) is 0. The summed E-state index contributed by atoms with van der Waals surface area (Å²) in [6.07, 6.45) is 9.73. The molecule has 0 amide bonds. The van der Waals surface area contributed by atoms with Gasteiger partial charge in [-0.2, -0.15) is 0 Å². The number of benzene rings is 4. The Bertz CT molecular complexity index is 1840. The van der Waals surface area contributed by atoms with Gasteiger partial charge in [0, 0.05) is 39.1 Å². The Hall–Kier alpha value is -4.32. The molecule has 1 aliphatic rings. The van der Waals surface area contributed by atoms with Crippen LogP contribution in [0.1, 0.15) is 18.0 Å². The third-order valence-corrected chi connectivity index (χ3v) is 7.45. The highest BCUT2D eigenvalue weighted by Gasteiger charge is 2.23. The first kappa shape index (κ1) is 21.9. The van der Waals surface area contributed by atoms with Crippen LogP contribution in [0, 0.1) is 0 Å². The molecule has 4 aromatic carbocycles. The van der Waals surface area contributed by atoms with Crippen LogP contribution in [0.2, 0.25) is 0 Å². The van der Waals surface area contributed by atoms with E-state index in [0.717, 1.165) is 34.3 Å². The number of hydrogen-bond acceptors (Lipinski definition) is 2. The van der Waals surface area contributed by atoms with Gasteiger partial charge in [-0.3, -0.25) is 0 Å². The van der Waals surface area contributed by atoms with Gasteiger partial charge in [0.15, 0.2) is 0 Å². The van der Waals surface area contributed by atoms with Crippen molar-refractivity contribution >= 4 is 45.3 Å². The van der Waals surface area contributed by atoms with E-state index >= 15 is 0 Å². The van der Waals surface area contributed by atoms with E-state index in [1.165, 1.54) is 21.9 Å². The highest BCUT2D eigenvalue weighted by molar-refractivity contribution is 6.58. The van der Waals surface area contributed by atoms with Crippen LogP contribution in [-0.2, 0) is 0 Å². The second-order valence-corrected chi connectivity index (χ2v) is 9.61. The van der Waals surface area contributed by atoms with Gasteiger partial charge in [0.2, 0.25) is 0 Å². The second-order valence-electron chi connectivity index (χ2n) is 9.61. The number of allylic oxidation sites excluding steroid dienone is 4. The van der Waals surface area contributed by atoms with E-state index < -0.39 is 7.12 Å². The van der Waals surface area contributed by atoms with Gasteiger partial charge in [0.05, 0.1) is 16.6 Å². The lowest BCUT2D eigenvalue weighted by molar-refractivity contribution is 0.426. The van der Waals surface area contributed by atoms with Gasteiger partial charge in [0.25, 0.3) is 0 Å². The van der Waals surface area contributed by atoms with E-state index in [4.69, 9.17) is 0 Å². The summed E-state index contributed by atoms with van der Waals surface area (Å²) in [6, 6.07) is 33.3. The van der Waals surface area contributed by atoms with Gasteiger partial charge in [0.1, 0.15) is 0 Å². The first-order chi connectivity index (χ1) is 18.2. The van der Waals surface area contributed by atoms with Crippen LogP contribution < -0.4 is 5.46 Å². The zero-order chi connectivity index (χ0) is 24.9. The lowest BCUT2D eigenvalue weighted by Gasteiger charge is -2.17. The Labute approximate surface area is 215 Å². The quantitative estimate of drug-likeness (QED) is 0.304. The lowest BCUT2D eigenvalue weighted by atomic mass is 9.80. The van der Waals surface area contributed by atoms with Crippen molar-refractivity contribution in [2.75, 3.05) is 0 Å². The Kier molecular flexibility index (Phi) is 5.13. The van der Waals surface area contributed by atoms with Crippen molar-refractivity contribution < 1.29 is 10.0 Å². The minimum atomic E-state index is -1.52. The second kappa shape index (κ2) is 8.66. The molecule has 37 heavy (non-hydrogen) atoms. The van der Waals surface area contributed by atoms with Crippen LogP contribution in [0.3, 0.4) is 0 Å². The summed E-state index contributed by atoms with van der Waals surface area (Å²) in [5.41, 5.74) is 7.13. The monoisotopic (exact) mass is 480 g/mol. The molecule has 0 saturated heterocycles. The van der Waals surface area contributed by atoms with Crippen molar-refractivity contribution in [2.24, 2.45) is 0 Å². The van der Waals surface area contributed by atoms with Crippen molar-refractivity contribution in [3.8, 4) is 11.4 Å². The van der Waals surface area contributed by atoms with Gasteiger partial charge >= 0.3 is 7.12 Å². The zero-order valence-electron chi connectivity index (χ0n) is 20.2. The normalized spacial score (nSPS) is 15.2. The molecule has 0 aliphatic heterocycles. The largest absolute Gasteiger partial charge is 0.488 e. The molecule has 2 aromatic heterocycles. The maximum Gasteiger partial charge on any atom is 0.488 e. The molecule has 178 valence electrons. The van der Waals surface area contributed by atoms with E-state index in [-0.39, 0.29) is 5.92 Å². The zero-order valence-corrected chi connectivity index (χ0v) is 20.2. The lowest BCUT2D eigenvalue weighted by Crippen LogP contribution is -2.29. The summed E-state index contributed by atoms with van der Waals surface area (Å²) in [6.45, 7) is 0. The third-order valence-electron chi connectivity index (χ3n) is 7.45. The maximum absolute atomic E-state index is 9.89. The summed E-state index contributed by atoms with van der Waals surface area (Å²) in [5, 5.41) is 23.3. The molecule has 2 N–H and O–H groups in total. The first-order valence-electron chi connectivity index (χ1n) is 12.6. The number of fused-ring (bicyclic) bond motifs is 5. The maximum atomic E-state index is 9.89. The SMILES string of the molecule is OB(O)c1cccc(-n2c3ccccc3c3ccc4c(cc(C5C=CC=CC5)n4-c4ccccc4)c32)c1.